The summed E-state index contributed by atoms with van der Waals surface area (Å²) in [6.45, 7) is 4.01. The Morgan fingerprint density at radius 3 is 2.57 bits per heavy atom. The van der Waals surface area contributed by atoms with E-state index in [0.29, 0.717) is 0 Å². The van der Waals surface area contributed by atoms with Gasteiger partial charge in [0.2, 0.25) is 0 Å². The topological polar surface area (TPSA) is 3.24 Å². The first-order valence-electron chi connectivity index (χ1n) is 9.10. The predicted molar refractivity (Wildman–Crippen MR) is 88.3 cm³/mol. The van der Waals surface area contributed by atoms with Crippen LogP contribution in [0, 0.1) is 17.3 Å². The molecule has 2 bridgehead atoms. The SMILES string of the molecule is c1ccc(CCN2CCCC3(CC4CCC3CC4)C2)cc1. The van der Waals surface area contributed by atoms with Crippen molar-refractivity contribution in [3.63, 3.8) is 0 Å². The van der Waals surface area contributed by atoms with E-state index in [4.69, 9.17) is 0 Å². The Morgan fingerprint density at radius 2 is 1.86 bits per heavy atom. The number of piperidine rings is 1. The lowest BCUT2D eigenvalue weighted by molar-refractivity contribution is -0.0535. The molecule has 0 N–H and O–H groups in total. The van der Waals surface area contributed by atoms with Gasteiger partial charge in [0, 0.05) is 13.1 Å². The van der Waals surface area contributed by atoms with Gasteiger partial charge in [-0.2, -0.15) is 0 Å². The lowest BCUT2D eigenvalue weighted by Crippen LogP contribution is -2.52. The van der Waals surface area contributed by atoms with Crippen molar-refractivity contribution >= 4 is 0 Å². The minimum absolute atomic E-state index is 0.718. The Morgan fingerprint density at radius 1 is 1.05 bits per heavy atom. The molecule has 3 aliphatic carbocycles. The number of rotatable bonds is 3. The summed E-state index contributed by atoms with van der Waals surface area (Å²) >= 11 is 0. The maximum Gasteiger partial charge on any atom is 0.00409 e. The standard InChI is InChI=1S/C20H29N/c1-2-5-17(6-3-1)11-14-21-13-4-12-20(16-21)15-18-7-9-19(20)10-8-18/h1-3,5-6,18-19H,4,7-16H2. The van der Waals surface area contributed by atoms with Gasteiger partial charge in [-0.25, -0.2) is 0 Å². The number of likely N-dealkylation sites (tertiary alicyclic amines) is 1. The van der Waals surface area contributed by atoms with Crippen molar-refractivity contribution in [3.05, 3.63) is 35.9 Å². The third-order valence-corrected chi connectivity index (χ3v) is 6.66. The molecule has 1 nitrogen and oxygen atoms in total. The van der Waals surface area contributed by atoms with Crippen LogP contribution >= 0.6 is 0 Å². The van der Waals surface area contributed by atoms with Crippen LogP contribution in [0.1, 0.15) is 50.5 Å². The van der Waals surface area contributed by atoms with Gasteiger partial charge in [0.1, 0.15) is 0 Å². The number of nitrogens with zero attached hydrogens (tertiary/aromatic N) is 1. The Bertz CT molecular complexity index is 460. The molecular weight excluding hydrogens is 254 g/mol. The van der Waals surface area contributed by atoms with Crippen molar-refractivity contribution in [2.75, 3.05) is 19.6 Å². The molecule has 1 atom stereocenters. The van der Waals surface area contributed by atoms with E-state index >= 15 is 0 Å². The molecule has 0 radical (unpaired) electrons. The second-order valence-electron chi connectivity index (χ2n) is 7.90. The molecule has 1 saturated heterocycles. The molecule has 1 heteroatoms. The predicted octanol–water partition coefficient (Wildman–Crippen LogP) is 4.52. The van der Waals surface area contributed by atoms with E-state index in [-0.39, 0.29) is 0 Å². The van der Waals surface area contributed by atoms with Gasteiger partial charge in [0.15, 0.2) is 0 Å². The Labute approximate surface area is 129 Å². The van der Waals surface area contributed by atoms with Crippen molar-refractivity contribution in [2.24, 2.45) is 17.3 Å². The van der Waals surface area contributed by atoms with Gasteiger partial charge in [0.25, 0.3) is 0 Å². The van der Waals surface area contributed by atoms with Crippen molar-refractivity contribution in [3.8, 4) is 0 Å². The fourth-order valence-electron chi connectivity index (χ4n) is 5.60. The zero-order chi connectivity index (χ0) is 14.1. The van der Waals surface area contributed by atoms with Crippen molar-refractivity contribution in [1.82, 2.24) is 4.90 Å². The van der Waals surface area contributed by atoms with Crippen LogP contribution in [-0.2, 0) is 6.42 Å². The van der Waals surface area contributed by atoms with Gasteiger partial charge >= 0.3 is 0 Å². The molecule has 3 saturated carbocycles. The van der Waals surface area contributed by atoms with Gasteiger partial charge in [-0.15, -0.1) is 0 Å². The fourth-order valence-corrected chi connectivity index (χ4v) is 5.60. The summed E-state index contributed by atoms with van der Waals surface area (Å²) in [5, 5.41) is 0. The third-order valence-electron chi connectivity index (χ3n) is 6.66. The summed E-state index contributed by atoms with van der Waals surface area (Å²) in [7, 11) is 0. The normalized spacial score (nSPS) is 36.2. The second-order valence-corrected chi connectivity index (χ2v) is 7.90. The maximum atomic E-state index is 2.79. The minimum atomic E-state index is 0.718. The average Bonchev–Trinajstić information content (AvgIpc) is 2.55. The highest BCUT2D eigenvalue weighted by atomic mass is 15.1. The van der Waals surface area contributed by atoms with E-state index in [0.717, 1.165) is 17.3 Å². The Hall–Kier alpha value is -0.820. The minimum Gasteiger partial charge on any atom is -0.302 e. The van der Waals surface area contributed by atoms with Crippen molar-refractivity contribution in [1.29, 1.82) is 0 Å². The highest BCUT2D eigenvalue weighted by Crippen LogP contribution is 2.56. The van der Waals surface area contributed by atoms with Crippen LogP contribution in [0.3, 0.4) is 0 Å². The first kappa shape index (κ1) is 13.8. The van der Waals surface area contributed by atoms with Crippen LogP contribution in [0.25, 0.3) is 0 Å². The van der Waals surface area contributed by atoms with Crippen molar-refractivity contribution in [2.45, 2.75) is 51.4 Å². The Balaban J connectivity index is 1.39. The molecule has 21 heavy (non-hydrogen) atoms. The molecule has 1 heterocycles. The first-order chi connectivity index (χ1) is 10.3. The molecule has 1 aromatic rings. The summed E-state index contributed by atoms with van der Waals surface area (Å²) in [6.07, 6.45) is 11.9. The maximum absolute atomic E-state index is 2.79. The van der Waals surface area contributed by atoms with E-state index in [9.17, 15) is 0 Å². The molecule has 0 amide bonds. The quantitative estimate of drug-likeness (QED) is 0.788. The molecule has 0 aromatic heterocycles. The number of benzene rings is 1. The molecule has 1 aliphatic heterocycles. The van der Waals surface area contributed by atoms with Gasteiger partial charge in [-0.1, -0.05) is 43.2 Å². The monoisotopic (exact) mass is 283 g/mol. The van der Waals surface area contributed by atoms with E-state index in [1.807, 2.05) is 0 Å². The van der Waals surface area contributed by atoms with Crippen molar-refractivity contribution < 1.29 is 0 Å². The van der Waals surface area contributed by atoms with Crippen LogP contribution in [0.4, 0.5) is 0 Å². The van der Waals surface area contributed by atoms with Crippen LogP contribution < -0.4 is 0 Å². The summed E-state index contributed by atoms with van der Waals surface area (Å²) in [5.74, 6) is 2.13. The fraction of sp³-hybridized carbons (Fsp3) is 0.700. The smallest absolute Gasteiger partial charge is 0.00409 e. The average molecular weight is 283 g/mol. The van der Waals surface area contributed by atoms with Crippen LogP contribution in [0.5, 0.6) is 0 Å². The molecule has 114 valence electrons. The highest BCUT2D eigenvalue weighted by Gasteiger charge is 2.48. The zero-order valence-corrected chi connectivity index (χ0v) is 13.3. The molecule has 1 aromatic carbocycles. The molecule has 1 unspecified atom stereocenters. The molecule has 4 aliphatic rings. The number of hydrogen-bond acceptors (Lipinski definition) is 1. The summed E-state index contributed by atoms with van der Waals surface area (Å²) < 4.78 is 0. The molecule has 5 rings (SSSR count). The van der Waals surface area contributed by atoms with E-state index in [1.54, 1.807) is 6.42 Å². The van der Waals surface area contributed by atoms with Crippen LogP contribution in [0.2, 0.25) is 0 Å². The van der Waals surface area contributed by atoms with E-state index < -0.39 is 0 Å². The number of fused-ring (bicyclic) bond motifs is 2. The van der Waals surface area contributed by atoms with E-state index in [2.05, 4.69) is 35.2 Å². The van der Waals surface area contributed by atoms with Gasteiger partial charge < -0.3 is 4.90 Å². The molecule has 4 fully saturated rings. The van der Waals surface area contributed by atoms with E-state index in [1.165, 1.54) is 70.1 Å². The molecule has 1 spiro atoms. The summed E-state index contributed by atoms with van der Waals surface area (Å²) in [4.78, 5) is 2.79. The van der Waals surface area contributed by atoms with Gasteiger partial charge in [0.05, 0.1) is 0 Å². The third kappa shape index (κ3) is 2.77. The lowest BCUT2D eigenvalue weighted by atomic mass is 9.53. The molecular formula is C20H29N. The zero-order valence-electron chi connectivity index (χ0n) is 13.3. The van der Waals surface area contributed by atoms with Gasteiger partial charge in [-0.05, 0) is 67.9 Å². The van der Waals surface area contributed by atoms with Gasteiger partial charge in [-0.3, -0.25) is 0 Å². The summed E-state index contributed by atoms with van der Waals surface area (Å²) in [6, 6.07) is 11.0. The number of hydrogen-bond donors (Lipinski definition) is 0. The second kappa shape index (κ2) is 5.76. The lowest BCUT2D eigenvalue weighted by Gasteiger charge is -2.56. The Kier molecular flexibility index (Phi) is 3.79. The van der Waals surface area contributed by atoms with Crippen LogP contribution in [0.15, 0.2) is 30.3 Å². The largest absolute Gasteiger partial charge is 0.302 e. The highest BCUT2D eigenvalue weighted by molar-refractivity contribution is 5.15. The van der Waals surface area contributed by atoms with Crippen LogP contribution in [-0.4, -0.2) is 24.5 Å². The summed E-state index contributed by atoms with van der Waals surface area (Å²) in [5.41, 5.74) is 2.22. The first-order valence-corrected chi connectivity index (χ1v) is 9.10.